The van der Waals surface area contributed by atoms with Crippen molar-refractivity contribution >= 4 is 11.9 Å². The lowest BCUT2D eigenvalue weighted by Crippen LogP contribution is -2.43. The summed E-state index contributed by atoms with van der Waals surface area (Å²) in [6, 6.07) is 6.34. The average Bonchev–Trinajstić information content (AvgIpc) is 2.49. The monoisotopic (exact) mass is 308 g/mol. The molecule has 1 rings (SSSR count). The van der Waals surface area contributed by atoms with E-state index in [0.717, 1.165) is 24.9 Å². The molecular formula is C16H25FN4O. The van der Waals surface area contributed by atoms with Gasteiger partial charge in [0.15, 0.2) is 5.96 Å². The Balaban J connectivity index is 2.62. The number of likely N-dealkylation sites (N-methyl/N-ethyl adjacent to an activating group) is 1. The van der Waals surface area contributed by atoms with Crippen LogP contribution in [0, 0.1) is 5.82 Å². The van der Waals surface area contributed by atoms with Crippen LogP contribution >= 0.6 is 0 Å². The third kappa shape index (κ3) is 7.06. The van der Waals surface area contributed by atoms with Crippen molar-refractivity contribution in [3.05, 3.63) is 35.6 Å². The molecule has 0 aromatic heterocycles. The van der Waals surface area contributed by atoms with Gasteiger partial charge < -0.3 is 15.5 Å². The van der Waals surface area contributed by atoms with Gasteiger partial charge in [-0.2, -0.15) is 0 Å². The van der Waals surface area contributed by atoms with Gasteiger partial charge in [-0.25, -0.2) is 9.38 Å². The van der Waals surface area contributed by atoms with Crippen molar-refractivity contribution in [1.29, 1.82) is 0 Å². The van der Waals surface area contributed by atoms with E-state index < -0.39 is 0 Å². The standard InChI is InChI=1S/C16H25FN4O/c1-4-5-9-18-16(20-12-15(22)21(2)3)19-11-13-7-6-8-14(17)10-13/h6-8,10H,4-5,9,11-12H2,1-3H3,(H2,18,19,20). The quantitative estimate of drug-likeness (QED) is 0.458. The number of benzene rings is 1. The number of amides is 1. The minimum Gasteiger partial charge on any atom is -0.356 e. The molecule has 0 bridgehead atoms. The van der Waals surface area contributed by atoms with Gasteiger partial charge in [-0.3, -0.25) is 4.79 Å². The molecular weight excluding hydrogens is 283 g/mol. The van der Waals surface area contributed by atoms with E-state index >= 15 is 0 Å². The summed E-state index contributed by atoms with van der Waals surface area (Å²) in [6.45, 7) is 3.42. The molecule has 0 heterocycles. The smallest absolute Gasteiger partial charge is 0.241 e. The molecule has 1 aromatic carbocycles. The van der Waals surface area contributed by atoms with Crippen LogP contribution in [0.25, 0.3) is 0 Å². The number of nitrogens with one attached hydrogen (secondary N) is 2. The number of hydrogen-bond donors (Lipinski definition) is 2. The number of halogens is 1. The highest BCUT2D eigenvalue weighted by atomic mass is 19.1. The number of carbonyl (C=O) groups excluding carboxylic acids is 1. The Morgan fingerprint density at radius 3 is 2.73 bits per heavy atom. The van der Waals surface area contributed by atoms with Gasteiger partial charge in [-0.1, -0.05) is 25.5 Å². The molecule has 22 heavy (non-hydrogen) atoms. The van der Waals surface area contributed by atoms with Crippen LogP contribution in [-0.4, -0.2) is 44.0 Å². The Bertz CT molecular complexity index is 503. The van der Waals surface area contributed by atoms with E-state index in [2.05, 4.69) is 22.5 Å². The van der Waals surface area contributed by atoms with E-state index in [-0.39, 0.29) is 18.3 Å². The summed E-state index contributed by atoms with van der Waals surface area (Å²) in [7, 11) is 3.41. The first kappa shape index (κ1) is 17.9. The minimum absolute atomic E-state index is 0.0317. The van der Waals surface area contributed by atoms with Crippen LogP contribution in [0.5, 0.6) is 0 Å². The van der Waals surface area contributed by atoms with Gasteiger partial charge in [0.2, 0.25) is 5.91 Å². The summed E-state index contributed by atoms with van der Waals surface area (Å²) >= 11 is 0. The van der Waals surface area contributed by atoms with Gasteiger partial charge in [0.05, 0.1) is 13.1 Å². The number of nitrogens with zero attached hydrogens (tertiary/aromatic N) is 2. The molecule has 0 fully saturated rings. The second kappa shape index (κ2) is 9.76. The first-order valence-corrected chi connectivity index (χ1v) is 7.49. The molecule has 6 heteroatoms. The molecule has 0 unspecified atom stereocenters. The maximum absolute atomic E-state index is 13.2. The predicted octanol–water partition coefficient (Wildman–Crippen LogP) is 1.75. The van der Waals surface area contributed by atoms with E-state index in [9.17, 15) is 9.18 Å². The van der Waals surface area contributed by atoms with Crippen molar-refractivity contribution in [2.75, 3.05) is 27.2 Å². The van der Waals surface area contributed by atoms with Crippen LogP contribution in [0.2, 0.25) is 0 Å². The van der Waals surface area contributed by atoms with E-state index in [1.165, 1.54) is 17.0 Å². The molecule has 0 atom stereocenters. The fourth-order valence-electron chi connectivity index (χ4n) is 1.68. The van der Waals surface area contributed by atoms with Crippen molar-refractivity contribution in [1.82, 2.24) is 15.5 Å². The number of aliphatic imine (C=N–C) groups is 1. The number of hydrogen-bond acceptors (Lipinski definition) is 2. The Morgan fingerprint density at radius 1 is 1.32 bits per heavy atom. The van der Waals surface area contributed by atoms with Crippen molar-refractivity contribution in [2.45, 2.75) is 26.3 Å². The molecule has 0 saturated heterocycles. The molecule has 0 spiro atoms. The molecule has 0 radical (unpaired) electrons. The second-order valence-electron chi connectivity index (χ2n) is 5.22. The summed E-state index contributed by atoms with van der Waals surface area (Å²) in [5.41, 5.74) is 0.788. The molecule has 1 aromatic rings. The molecule has 0 aliphatic carbocycles. The summed E-state index contributed by atoms with van der Waals surface area (Å²) < 4.78 is 13.2. The van der Waals surface area contributed by atoms with Gasteiger partial charge in [-0.15, -0.1) is 0 Å². The van der Waals surface area contributed by atoms with Gasteiger partial charge >= 0.3 is 0 Å². The second-order valence-corrected chi connectivity index (χ2v) is 5.22. The number of rotatable bonds is 7. The highest BCUT2D eigenvalue weighted by Gasteiger charge is 2.05. The Morgan fingerprint density at radius 2 is 2.09 bits per heavy atom. The molecule has 5 nitrogen and oxygen atoms in total. The van der Waals surface area contributed by atoms with Crippen LogP contribution in [0.3, 0.4) is 0 Å². The molecule has 122 valence electrons. The van der Waals surface area contributed by atoms with Crippen molar-refractivity contribution in [3.8, 4) is 0 Å². The van der Waals surface area contributed by atoms with Crippen LogP contribution < -0.4 is 10.6 Å². The average molecular weight is 308 g/mol. The van der Waals surface area contributed by atoms with E-state index in [4.69, 9.17) is 0 Å². The zero-order valence-corrected chi connectivity index (χ0v) is 13.5. The zero-order chi connectivity index (χ0) is 16.4. The van der Waals surface area contributed by atoms with Crippen LogP contribution in [0.1, 0.15) is 25.3 Å². The van der Waals surface area contributed by atoms with Crippen LogP contribution in [0.15, 0.2) is 29.3 Å². The first-order valence-electron chi connectivity index (χ1n) is 7.49. The lowest BCUT2D eigenvalue weighted by Gasteiger charge is -2.14. The topological polar surface area (TPSA) is 56.7 Å². The van der Waals surface area contributed by atoms with Crippen molar-refractivity contribution in [2.24, 2.45) is 4.99 Å². The number of guanidine groups is 1. The van der Waals surface area contributed by atoms with E-state index in [0.29, 0.717) is 12.5 Å². The van der Waals surface area contributed by atoms with Crippen LogP contribution in [0.4, 0.5) is 4.39 Å². The zero-order valence-electron chi connectivity index (χ0n) is 13.5. The summed E-state index contributed by atoms with van der Waals surface area (Å²) in [5.74, 6) is 0.257. The fraction of sp³-hybridized carbons (Fsp3) is 0.500. The van der Waals surface area contributed by atoms with Gasteiger partial charge in [0.1, 0.15) is 5.82 Å². The highest BCUT2D eigenvalue weighted by Crippen LogP contribution is 2.04. The molecule has 0 saturated carbocycles. The van der Waals surface area contributed by atoms with Gasteiger partial charge in [0.25, 0.3) is 0 Å². The highest BCUT2D eigenvalue weighted by molar-refractivity contribution is 5.86. The Labute approximate surface area is 131 Å². The van der Waals surface area contributed by atoms with Crippen molar-refractivity contribution in [3.63, 3.8) is 0 Å². The van der Waals surface area contributed by atoms with Gasteiger partial charge in [0, 0.05) is 20.6 Å². The van der Waals surface area contributed by atoms with Crippen LogP contribution in [-0.2, 0) is 11.3 Å². The fourth-order valence-corrected chi connectivity index (χ4v) is 1.68. The molecule has 0 aliphatic rings. The third-order valence-electron chi connectivity index (χ3n) is 3.04. The number of unbranched alkanes of at least 4 members (excludes halogenated alkanes) is 1. The largest absolute Gasteiger partial charge is 0.356 e. The Hall–Kier alpha value is -2.11. The molecule has 2 N–H and O–H groups in total. The summed E-state index contributed by atoms with van der Waals surface area (Å²) in [4.78, 5) is 17.5. The SMILES string of the molecule is CCCCNC(=NCc1cccc(F)c1)NCC(=O)N(C)C. The minimum atomic E-state index is -0.274. The van der Waals surface area contributed by atoms with Crippen molar-refractivity contribution < 1.29 is 9.18 Å². The van der Waals surface area contributed by atoms with E-state index in [1.807, 2.05) is 6.07 Å². The lowest BCUT2D eigenvalue weighted by atomic mass is 10.2. The van der Waals surface area contributed by atoms with Gasteiger partial charge in [-0.05, 0) is 24.1 Å². The first-order chi connectivity index (χ1) is 10.5. The predicted molar refractivity (Wildman–Crippen MR) is 87.1 cm³/mol. The summed E-state index contributed by atoms with van der Waals surface area (Å²) in [5, 5.41) is 6.17. The lowest BCUT2D eigenvalue weighted by molar-refractivity contribution is -0.127. The summed E-state index contributed by atoms with van der Waals surface area (Å²) in [6.07, 6.45) is 2.09. The number of carbonyl (C=O) groups is 1. The Kier molecular flexibility index (Phi) is 7.96. The van der Waals surface area contributed by atoms with E-state index in [1.54, 1.807) is 20.2 Å². The third-order valence-corrected chi connectivity index (χ3v) is 3.04. The molecule has 1 amide bonds. The molecule has 0 aliphatic heterocycles. The maximum Gasteiger partial charge on any atom is 0.241 e. The maximum atomic E-state index is 13.2. The normalized spacial score (nSPS) is 11.2.